The van der Waals surface area contributed by atoms with Gasteiger partial charge in [0.2, 0.25) is 5.78 Å². The van der Waals surface area contributed by atoms with Gasteiger partial charge < -0.3 is 14.6 Å². The van der Waals surface area contributed by atoms with Crippen molar-refractivity contribution in [2.24, 2.45) is 0 Å². The maximum Gasteiger partial charge on any atom is 0.384 e. The third kappa shape index (κ3) is 10.1. The van der Waals surface area contributed by atoms with Crippen molar-refractivity contribution in [3.05, 3.63) is 0 Å². The Labute approximate surface area is 122 Å². The van der Waals surface area contributed by atoms with Crippen LogP contribution in [-0.2, 0) is 28.7 Å². The molecule has 7 nitrogen and oxygen atoms in total. The van der Waals surface area contributed by atoms with Crippen LogP contribution in [0.15, 0.2) is 0 Å². The SMILES string of the molecule is CC(C#CC(=O)OC(C)(C)C)OC(=O)C(=O)CCC(=O)O. The molecule has 0 aliphatic heterocycles. The van der Waals surface area contributed by atoms with Gasteiger partial charge in [-0.1, -0.05) is 0 Å². The minimum atomic E-state index is -1.19. The molecule has 0 aliphatic rings. The number of carbonyl (C=O) groups is 4. The second-order valence-electron chi connectivity index (χ2n) is 5.14. The van der Waals surface area contributed by atoms with E-state index >= 15 is 0 Å². The van der Waals surface area contributed by atoms with Crippen LogP contribution in [-0.4, -0.2) is 40.5 Å². The lowest BCUT2D eigenvalue weighted by atomic mass is 10.2. The van der Waals surface area contributed by atoms with Crippen molar-refractivity contribution in [3.63, 3.8) is 0 Å². The van der Waals surface area contributed by atoms with Gasteiger partial charge in [-0.05, 0) is 33.6 Å². The highest BCUT2D eigenvalue weighted by molar-refractivity contribution is 6.33. The number of rotatable bonds is 5. The van der Waals surface area contributed by atoms with Crippen LogP contribution in [0, 0.1) is 11.8 Å². The van der Waals surface area contributed by atoms with Gasteiger partial charge in [0.25, 0.3) is 0 Å². The van der Waals surface area contributed by atoms with Crippen LogP contribution in [0.4, 0.5) is 0 Å². The molecule has 0 bridgehead atoms. The van der Waals surface area contributed by atoms with Crippen LogP contribution >= 0.6 is 0 Å². The van der Waals surface area contributed by atoms with Crippen LogP contribution in [0.2, 0.25) is 0 Å². The zero-order valence-electron chi connectivity index (χ0n) is 12.4. The average Bonchev–Trinajstić information content (AvgIpc) is 2.31. The second-order valence-corrected chi connectivity index (χ2v) is 5.14. The van der Waals surface area contributed by atoms with E-state index in [1.54, 1.807) is 20.8 Å². The van der Waals surface area contributed by atoms with Gasteiger partial charge in [0.05, 0.1) is 6.42 Å². The summed E-state index contributed by atoms with van der Waals surface area (Å²) in [6.45, 7) is 6.41. The minimum absolute atomic E-state index is 0.444. The number of ketones is 1. The molecule has 7 heteroatoms. The molecule has 0 heterocycles. The molecule has 116 valence electrons. The third-order valence-corrected chi connectivity index (χ3v) is 1.85. The summed E-state index contributed by atoms with van der Waals surface area (Å²) in [5.41, 5.74) is -0.682. The Balaban J connectivity index is 4.35. The van der Waals surface area contributed by atoms with Crippen LogP contribution < -0.4 is 0 Å². The summed E-state index contributed by atoms with van der Waals surface area (Å²) in [6.07, 6.45) is -1.88. The van der Waals surface area contributed by atoms with Gasteiger partial charge in [0, 0.05) is 12.3 Å². The number of hydrogen-bond acceptors (Lipinski definition) is 6. The Morgan fingerprint density at radius 1 is 1.14 bits per heavy atom. The predicted molar refractivity (Wildman–Crippen MR) is 71.1 cm³/mol. The van der Waals surface area contributed by atoms with E-state index < -0.39 is 48.2 Å². The van der Waals surface area contributed by atoms with E-state index in [1.807, 2.05) is 0 Å². The highest BCUT2D eigenvalue weighted by atomic mass is 16.6. The average molecular weight is 298 g/mol. The predicted octanol–water partition coefficient (Wildman–Crippen LogP) is 0.697. The topological polar surface area (TPSA) is 107 Å². The summed E-state index contributed by atoms with van der Waals surface area (Å²) in [5.74, 6) is 0.364. The normalized spacial score (nSPS) is 11.6. The van der Waals surface area contributed by atoms with E-state index in [1.165, 1.54) is 6.92 Å². The fourth-order valence-electron chi connectivity index (χ4n) is 1.04. The first kappa shape index (κ1) is 18.6. The van der Waals surface area contributed by atoms with Gasteiger partial charge in [0.15, 0.2) is 6.10 Å². The fourth-order valence-corrected chi connectivity index (χ4v) is 1.04. The first-order valence-electron chi connectivity index (χ1n) is 6.21. The summed E-state index contributed by atoms with van der Waals surface area (Å²) < 4.78 is 9.58. The number of Topliss-reactive ketones (excluding diaryl/α,β-unsaturated/α-hetero) is 1. The lowest BCUT2D eigenvalue weighted by Gasteiger charge is -2.17. The second kappa shape index (κ2) is 8.04. The maximum atomic E-state index is 11.3. The molecular weight excluding hydrogens is 280 g/mol. The zero-order chi connectivity index (χ0) is 16.6. The first-order valence-corrected chi connectivity index (χ1v) is 6.21. The maximum absolute atomic E-state index is 11.3. The van der Waals surface area contributed by atoms with Crippen molar-refractivity contribution in [2.45, 2.75) is 52.2 Å². The molecule has 1 N–H and O–H groups in total. The number of ether oxygens (including phenoxy) is 2. The Kier molecular flexibility index (Phi) is 7.14. The van der Waals surface area contributed by atoms with Gasteiger partial charge in [-0.25, -0.2) is 9.59 Å². The summed E-state index contributed by atoms with van der Waals surface area (Å²) in [6, 6.07) is 0. The van der Waals surface area contributed by atoms with Gasteiger partial charge in [-0.2, -0.15) is 0 Å². The molecule has 1 atom stereocenters. The third-order valence-electron chi connectivity index (χ3n) is 1.85. The van der Waals surface area contributed by atoms with Gasteiger partial charge >= 0.3 is 17.9 Å². The number of carbonyl (C=O) groups excluding carboxylic acids is 3. The summed E-state index contributed by atoms with van der Waals surface area (Å²) in [5, 5.41) is 8.39. The number of carboxylic acid groups (broad SMARTS) is 1. The monoisotopic (exact) mass is 298 g/mol. The molecule has 0 radical (unpaired) electrons. The van der Waals surface area contributed by atoms with Crippen molar-refractivity contribution in [1.29, 1.82) is 0 Å². The lowest BCUT2D eigenvalue weighted by molar-refractivity contribution is -0.156. The molecule has 0 aromatic carbocycles. The Morgan fingerprint density at radius 2 is 1.71 bits per heavy atom. The van der Waals surface area contributed by atoms with Gasteiger partial charge in [-0.3, -0.25) is 9.59 Å². The minimum Gasteiger partial charge on any atom is -0.481 e. The molecule has 0 aromatic rings. The fraction of sp³-hybridized carbons (Fsp3) is 0.571. The largest absolute Gasteiger partial charge is 0.481 e. The van der Waals surface area contributed by atoms with Crippen LogP contribution in [0.5, 0.6) is 0 Å². The van der Waals surface area contributed by atoms with Crippen molar-refractivity contribution >= 4 is 23.7 Å². The van der Waals surface area contributed by atoms with Crippen molar-refractivity contribution in [3.8, 4) is 11.8 Å². The summed E-state index contributed by atoms with van der Waals surface area (Å²) >= 11 is 0. The molecule has 0 spiro atoms. The molecule has 0 amide bonds. The lowest BCUT2D eigenvalue weighted by Crippen LogP contribution is -2.24. The quantitative estimate of drug-likeness (QED) is 0.344. The van der Waals surface area contributed by atoms with Crippen LogP contribution in [0.1, 0.15) is 40.5 Å². The Hall–Kier alpha value is -2.36. The van der Waals surface area contributed by atoms with Crippen molar-refractivity contribution in [2.75, 3.05) is 0 Å². The standard InChI is InChI=1S/C14H18O7/c1-9(5-8-12(18)21-14(2,3)4)20-13(19)10(15)6-7-11(16)17/h9H,6-7H2,1-4H3,(H,16,17). The number of hydrogen-bond donors (Lipinski definition) is 1. The smallest absolute Gasteiger partial charge is 0.384 e. The molecule has 0 rings (SSSR count). The molecule has 0 fully saturated rings. The highest BCUT2D eigenvalue weighted by Crippen LogP contribution is 2.06. The Morgan fingerprint density at radius 3 is 2.19 bits per heavy atom. The van der Waals surface area contributed by atoms with Crippen molar-refractivity contribution < 1.29 is 33.8 Å². The van der Waals surface area contributed by atoms with Gasteiger partial charge in [-0.15, -0.1) is 0 Å². The van der Waals surface area contributed by atoms with Crippen LogP contribution in [0.3, 0.4) is 0 Å². The number of esters is 2. The summed E-state index contributed by atoms with van der Waals surface area (Å²) in [7, 11) is 0. The van der Waals surface area contributed by atoms with Crippen molar-refractivity contribution in [1.82, 2.24) is 0 Å². The van der Waals surface area contributed by atoms with E-state index in [2.05, 4.69) is 16.6 Å². The summed E-state index contributed by atoms with van der Waals surface area (Å²) in [4.78, 5) is 44.1. The first-order chi connectivity index (χ1) is 9.51. The number of carboxylic acids is 1. The van der Waals surface area contributed by atoms with E-state index in [4.69, 9.17) is 9.84 Å². The van der Waals surface area contributed by atoms with E-state index in [-0.39, 0.29) is 0 Å². The molecular formula is C14H18O7. The van der Waals surface area contributed by atoms with Gasteiger partial charge in [0.1, 0.15) is 5.60 Å². The highest BCUT2D eigenvalue weighted by Gasteiger charge is 2.19. The van der Waals surface area contributed by atoms with E-state index in [0.29, 0.717) is 0 Å². The molecule has 21 heavy (non-hydrogen) atoms. The Bertz CT molecular complexity index is 488. The molecule has 0 saturated heterocycles. The number of aliphatic carboxylic acids is 1. The molecule has 1 unspecified atom stereocenters. The molecule has 0 saturated carbocycles. The zero-order valence-corrected chi connectivity index (χ0v) is 12.4. The van der Waals surface area contributed by atoms with E-state index in [9.17, 15) is 19.2 Å². The molecule has 0 aromatic heterocycles. The van der Waals surface area contributed by atoms with Crippen LogP contribution in [0.25, 0.3) is 0 Å². The molecule has 0 aliphatic carbocycles. The van der Waals surface area contributed by atoms with E-state index in [0.717, 1.165) is 0 Å².